The lowest BCUT2D eigenvalue weighted by Gasteiger charge is -2.16. The van der Waals surface area contributed by atoms with Crippen LogP contribution in [0.2, 0.25) is 0 Å². The smallest absolute Gasteiger partial charge is 0.253 e. The average molecular weight is 363 g/mol. The molecule has 0 aliphatic rings. The van der Waals surface area contributed by atoms with E-state index in [1.54, 1.807) is 18.1 Å². The molecule has 1 heterocycles. The Morgan fingerprint density at radius 2 is 1.78 bits per heavy atom. The fourth-order valence-electron chi connectivity index (χ4n) is 2.74. The van der Waals surface area contributed by atoms with Crippen LogP contribution >= 0.6 is 0 Å². The van der Waals surface area contributed by atoms with Crippen LogP contribution in [0.25, 0.3) is 5.69 Å². The highest BCUT2D eigenvalue weighted by Gasteiger charge is 2.13. The molecule has 2 aromatic carbocycles. The summed E-state index contributed by atoms with van der Waals surface area (Å²) >= 11 is 0. The van der Waals surface area contributed by atoms with Crippen molar-refractivity contribution >= 4 is 5.91 Å². The monoisotopic (exact) mass is 363 g/mol. The molecule has 0 saturated carbocycles. The van der Waals surface area contributed by atoms with Crippen molar-refractivity contribution in [3.63, 3.8) is 0 Å². The lowest BCUT2D eigenvalue weighted by Crippen LogP contribution is -2.26. The molecule has 0 radical (unpaired) electrons. The molecular formula is C22H25N3O2. The molecule has 3 aromatic rings. The minimum Gasteiger partial charge on any atom is -0.374 e. The summed E-state index contributed by atoms with van der Waals surface area (Å²) in [7, 11) is 1.80. The second kappa shape index (κ2) is 8.64. The van der Waals surface area contributed by atoms with Gasteiger partial charge in [0, 0.05) is 30.9 Å². The number of amides is 1. The van der Waals surface area contributed by atoms with Crippen molar-refractivity contribution in [2.45, 2.75) is 33.1 Å². The van der Waals surface area contributed by atoms with Crippen LogP contribution in [0, 0.1) is 0 Å². The van der Waals surface area contributed by atoms with Crippen LogP contribution in [0.1, 0.15) is 35.3 Å². The van der Waals surface area contributed by atoms with Crippen molar-refractivity contribution in [1.29, 1.82) is 0 Å². The number of ether oxygens (including phenoxy) is 1. The van der Waals surface area contributed by atoms with Gasteiger partial charge in [-0.15, -0.1) is 0 Å². The first-order valence-electron chi connectivity index (χ1n) is 9.08. The van der Waals surface area contributed by atoms with E-state index in [9.17, 15) is 4.79 Å². The number of carbonyl (C=O) groups excluding carboxylic acids is 1. The highest BCUT2D eigenvalue weighted by molar-refractivity contribution is 5.94. The summed E-state index contributed by atoms with van der Waals surface area (Å²) in [5, 5.41) is 4.38. The van der Waals surface area contributed by atoms with Crippen LogP contribution in [-0.4, -0.2) is 33.7 Å². The summed E-state index contributed by atoms with van der Waals surface area (Å²) in [6, 6.07) is 17.5. The van der Waals surface area contributed by atoms with E-state index in [1.165, 1.54) is 0 Å². The molecule has 0 atom stereocenters. The van der Waals surface area contributed by atoms with Crippen LogP contribution in [0.4, 0.5) is 0 Å². The summed E-state index contributed by atoms with van der Waals surface area (Å²) in [6.07, 6.45) is 3.93. The van der Waals surface area contributed by atoms with Gasteiger partial charge in [0.2, 0.25) is 0 Å². The Morgan fingerprint density at radius 3 is 2.44 bits per heavy atom. The Kier molecular flexibility index (Phi) is 6.04. The Morgan fingerprint density at radius 1 is 1.07 bits per heavy atom. The van der Waals surface area contributed by atoms with Crippen LogP contribution < -0.4 is 0 Å². The molecule has 0 N–H and O–H groups in total. The van der Waals surface area contributed by atoms with Gasteiger partial charge in [-0.05, 0) is 43.7 Å². The zero-order valence-electron chi connectivity index (χ0n) is 16.0. The van der Waals surface area contributed by atoms with Gasteiger partial charge < -0.3 is 9.64 Å². The van der Waals surface area contributed by atoms with Gasteiger partial charge in [0.15, 0.2) is 0 Å². The van der Waals surface area contributed by atoms with Gasteiger partial charge in [-0.2, -0.15) is 5.10 Å². The average Bonchev–Trinajstić information content (AvgIpc) is 3.15. The van der Waals surface area contributed by atoms with E-state index in [0.717, 1.165) is 16.8 Å². The highest BCUT2D eigenvalue weighted by Crippen LogP contribution is 2.13. The van der Waals surface area contributed by atoms with E-state index >= 15 is 0 Å². The molecule has 5 heteroatoms. The Balaban J connectivity index is 1.61. The number of hydrogen-bond acceptors (Lipinski definition) is 3. The fourth-order valence-corrected chi connectivity index (χ4v) is 2.74. The molecule has 0 aliphatic carbocycles. The van der Waals surface area contributed by atoms with Gasteiger partial charge in [-0.25, -0.2) is 4.68 Å². The SMILES string of the molecule is CC(C)OCc1ccc(C(=O)N(C)Cc2cnn(-c3ccccc3)c2)cc1. The van der Waals surface area contributed by atoms with Crippen LogP contribution in [-0.2, 0) is 17.9 Å². The number of rotatable bonds is 7. The van der Waals surface area contributed by atoms with Gasteiger partial charge >= 0.3 is 0 Å². The number of aromatic nitrogens is 2. The van der Waals surface area contributed by atoms with E-state index in [4.69, 9.17) is 4.74 Å². The maximum Gasteiger partial charge on any atom is 0.253 e. The second-order valence-electron chi connectivity index (χ2n) is 6.85. The molecule has 0 spiro atoms. The molecule has 5 nitrogen and oxygen atoms in total. The molecule has 0 bridgehead atoms. The van der Waals surface area contributed by atoms with Crippen molar-refractivity contribution in [2.75, 3.05) is 7.05 Å². The first-order valence-corrected chi connectivity index (χ1v) is 9.08. The molecule has 0 aliphatic heterocycles. The third-order valence-corrected chi connectivity index (χ3v) is 4.21. The predicted molar refractivity (Wildman–Crippen MR) is 106 cm³/mol. The molecule has 3 rings (SSSR count). The summed E-state index contributed by atoms with van der Waals surface area (Å²) in [5.41, 5.74) is 3.71. The highest BCUT2D eigenvalue weighted by atomic mass is 16.5. The molecule has 0 saturated heterocycles. The second-order valence-corrected chi connectivity index (χ2v) is 6.85. The standard InChI is InChI=1S/C22H25N3O2/c1-17(2)27-16-18-9-11-20(12-10-18)22(26)24(3)14-19-13-23-25(15-19)21-7-5-4-6-8-21/h4-13,15,17H,14,16H2,1-3H3. The summed E-state index contributed by atoms with van der Waals surface area (Å²) in [6.45, 7) is 5.07. The van der Waals surface area contributed by atoms with Crippen molar-refractivity contribution in [2.24, 2.45) is 0 Å². The van der Waals surface area contributed by atoms with Gasteiger partial charge in [0.05, 0.1) is 24.6 Å². The zero-order chi connectivity index (χ0) is 19.2. The lowest BCUT2D eigenvalue weighted by molar-refractivity contribution is 0.0656. The van der Waals surface area contributed by atoms with E-state index in [-0.39, 0.29) is 12.0 Å². The fraction of sp³-hybridized carbons (Fsp3) is 0.273. The molecule has 1 amide bonds. The van der Waals surface area contributed by atoms with E-state index in [0.29, 0.717) is 18.7 Å². The topological polar surface area (TPSA) is 47.4 Å². The first kappa shape index (κ1) is 18.9. The molecule has 0 unspecified atom stereocenters. The summed E-state index contributed by atoms with van der Waals surface area (Å²) in [5.74, 6) is -0.0150. The van der Waals surface area contributed by atoms with Crippen LogP contribution in [0.15, 0.2) is 67.0 Å². The number of carbonyl (C=O) groups is 1. The van der Waals surface area contributed by atoms with Crippen LogP contribution in [0.5, 0.6) is 0 Å². The summed E-state index contributed by atoms with van der Waals surface area (Å²) in [4.78, 5) is 14.4. The van der Waals surface area contributed by atoms with Crippen LogP contribution in [0.3, 0.4) is 0 Å². The van der Waals surface area contributed by atoms with Crippen molar-refractivity contribution < 1.29 is 9.53 Å². The largest absolute Gasteiger partial charge is 0.374 e. The van der Waals surface area contributed by atoms with Crippen molar-refractivity contribution in [3.05, 3.63) is 83.7 Å². The molecular weight excluding hydrogens is 338 g/mol. The van der Waals surface area contributed by atoms with Gasteiger partial charge in [0.1, 0.15) is 0 Å². The number of para-hydroxylation sites is 1. The number of nitrogens with zero attached hydrogens (tertiary/aromatic N) is 3. The summed E-state index contributed by atoms with van der Waals surface area (Å²) < 4.78 is 7.41. The van der Waals surface area contributed by atoms with Gasteiger partial charge in [-0.1, -0.05) is 30.3 Å². The Bertz CT molecular complexity index is 870. The number of hydrogen-bond donors (Lipinski definition) is 0. The van der Waals surface area contributed by atoms with Gasteiger partial charge in [-0.3, -0.25) is 4.79 Å². The molecule has 27 heavy (non-hydrogen) atoms. The van der Waals surface area contributed by atoms with Crippen molar-refractivity contribution in [1.82, 2.24) is 14.7 Å². The predicted octanol–water partition coefficient (Wildman–Crippen LogP) is 4.07. The minimum atomic E-state index is -0.0150. The lowest BCUT2D eigenvalue weighted by atomic mass is 10.1. The van der Waals surface area contributed by atoms with E-state index in [1.807, 2.05) is 79.3 Å². The quantitative estimate of drug-likeness (QED) is 0.636. The van der Waals surface area contributed by atoms with Crippen molar-refractivity contribution in [3.8, 4) is 5.69 Å². The number of benzene rings is 2. The third-order valence-electron chi connectivity index (χ3n) is 4.21. The molecule has 140 valence electrons. The van der Waals surface area contributed by atoms with E-state index < -0.39 is 0 Å². The first-order chi connectivity index (χ1) is 13.0. The third kappa shape index (κ3) is 5.05. The van der Waals surface area contributed by atoms with E-state index in [2.05, 4.69) is 5.10 Å². The minimum absolute atomic E-state index is 0.0150. The maximum absolute atomic E-state index is 12.7. The maximum atomic E-state index is 12.7. The Hall–Kier alpha value is -2.92. The van der Waals surface area contributed by atoms with Gasteiger partial charge in [0.25, 0.3) is 5.91 Å². The normalized spacial score (nSPS) is 11.0. The Labute approximate surface area is 160 Å². The molecule has 1 aromatic heterocycles. The zero-order valence-corrected chi connectivity index (χ0v) is 16.0. The molecule has 0 fully saturated rings.